The van der Waals surface area contributed by atoms with E-state index in [9.17, 15) is 14.4 Å². The number of ketones is 1. The molecule has 0 aliphatic carbocycles. The van der Waals surface area contributed by atoms with Gasteiger partial charge in [0, 0.05) is 18.3 Å². The molecule has 2 unspecified atom stereocenters. The van der Waals surface area contributed by atoms with Gasteiger partial charge in [-0.3, -0.25) is 9.59 Å². The third-order valence-corrected chi connectivity index (χ3v) is 4.00. The van der Waals surface area contributed by atoms with Crippen LogP contribution < -0.4 is 5.32 Å². The fourth-order valence-corrected chi connectivity index (χ4v) is 2.66. The molecule has 0 aromatic heterocycles. The number of nitrogens with one attached hydrogen (secondary N) is 1. The van der Waals surface area contributed by atoms with Gasteiger partial charge in [-0.05, 0) is 30.8 Å². The summed E-state index contributed by atoms with van der Waals surface area (Å²) in [5, 5.41) is 2.87. The van der Waals surface area contributed by atoms with E-state index in [0.717, 1.165) is 12.0 Å². The number of amides is 1. The molecule has 0 aliphatic rings. The molecule has 0 aromatic carbocycles. The Morgan fingerprint density at radius 3 is 2.24 bits per heavy atom. The standard InChI is InChI=1S/C16H29NO3S/c1-11(2)10-14(15(19)12(3)4)17-16(20)13(6-8-18)7-9-21-5/h8,11-14H,6-7,9-10H2,1-5H3,(H,17,20). The number of thioether (sulfide) groups is 1. The van der Waals surface area contributed by atoms with Crippen LogP contribution in [-0.2, 0) is 14.4 Å². The van der Waals surface area contributed by atoms with Gasteiger partial charge < -0.3 is 10.1 Å². The van der Waals surface area contributed by atoms with E-state index in [2.05, 4.69) is 5.32 Å². The SMILES string of the molecule is CSCCC(CC=O)C(=O)NC(CC(C)C)C(=O)C(C)C. The lowest BCUT2D eigenvalue weighted by atomic mass is 9.93. The van der Waals surface area contributed by atoms with E-state index in [-0.39, 0.29) is 29.9 Å². The summed E-state index contributed by atoms with van der Waals surface area (Å²) in [5.41, 5.74) is 0. The zero-order chi connectivity index (χ0) is 16.4. The molecule has 1 amide bonds. The average Bonchev–Trinajstić information content (AvgIpc) is 2.41. The van der Waals surface area contributed by atoms with Crippen LogP contribution in [0.25, 0.3) is 0 Å². The molecule has 122 valence electrons. The molecule has 0 aromatic rings. The summed E-state index contributed by atoms with van der Waals surface area (Å²) >= 11 is 1.65. The topological polar surface area (TPSA) is 63.2 Å². The summed E-state index contributed by atoms with van der Waals surface area (Å²) in [6.45, 7) is 7.75. The Balaban J connectivity index is 4.81. The quantitative estimate of drug-likeness (QED) is 0.595. The number of Topliss-reactive ketones (excluding diaryl/α,β-unsaturated/α-hetero) is 1. The monoisotopic (exact) mass is 315 g/mol. The minimum absolute atomic E-state index is 0.0618. The second-order valence-electron chi connectivity index (χ2n) is 6.13. The molecule has 0 saturated carbocycles. The van der Waals surface area contributed by atoms with Crippen molar-refractivity contribution in [2.75, 3.05) is 12.0 Å². The van der Waals surface area contributed by atoms with Crippen molar-refractivity contribution < 1.29 is 14.4 Å². The number of rotatable bonds is 11. The van der Waals surface area contributed by atoms with E-state index in [4.69, 9.17) is 0 Å². The van der Waals surface area contributed by atoms with Crippen LogP contribution in [0.5, 0.6) is 0 Å². The van der Waals surface area contributed by atoms with E-state index < -0.39 is 6.04 Å². The molecular weight excluding hydrogens is 286 g/mol. The predicted octanol–water partition coefficient (Wildman–Crippen LogP) is 2.70. The summed E-state index contributed by atoms with van der Waals surface area (Å²) < 4.78 is 0. The van der Waals surface area contributed by atoms with Gasteiger partial charge in [0.2, 0.25) is 5.91 Å². The first-order chi connectivity index (χ1) is 9.83. The Bertz CT molecular complexity index is 342. The zero-order valence-corrected chi connectivity index (χ0v) is 14.7. The van der Waals surface area contributed by atoms with E-state index >= 15 is 0 Å². The molecular formula is C16H29NO3S. The maximum Gasteiger partial charge on any atom is 0.224 e. The normalized spacial score (nSPS) is 14.0. The first-order valence-corrected chi connectivity index (χ1v) is 8.99. The summed E-state index contributed by atoms with van der Waals surface area (Å²) in [5.74, 6) is 0.615. The van der Waals surface area contributed by atoms with Crippen molar-refractivity contribution in [3.05, 3.63) is 0 Å². The molecule has 4 nitrogen and oxygen atoms in total. The number of carbonyl (C=O) groups excluding carboxylic acids is 3. The van der Waals surface area contributed by atoms with Gasteiger partial charge in [-0.15, -0.1) is 0 Å². The van der Waals surface area contributed by atoms with Crippen LogP contribution in [0.1, 0.15) is 47.0 Å². The van der Waals surface area contributed by atoms with E-state index in [0.29, 0.717) is 18.8 Å². The van der Waals surface area contributed by atoms with Gasteiger partial charge >= 0.3 is 0 Å². The van der Waals surface area contributed by atoms with Gasteiger partial charge in [-0.2, -0.15) is 11.8 Å². The molecule has 0 heterocycles. The van der Waals surface area contributed by atoms with Gasteiger partial charge in [0.05, 0.1) is 6.04 Å². The minimum atomic E-state index is -0.444. The van der Waals surface area contributed by atoms with Crippen molar-refractivity contribution in [3.63, 3.8) is 0 Å². The third-order valence-electron chi connectivity index (χ3n) is 3.36. The van der Waals surface area contributed by atoms with Crippen molar-refractivity contribution >= 4 is 29.7 Å². The lowest BCUT2D eigenvalue weighted by molar-refractivity contribution is -0.132. The second kappa shape index (κ2) is 10.8. The Morgan fingerprint density at radius 1 is 1.19 bits per heavy atom. The number of carbonyl (C=O) groups is 3. The van der Waals surface area contributed by atoms with Crippen LogP contribution >= 0.6 is 11.8 Å². The highest BCUT2D eigenvalue weighted by molar-refractivity contribution is 7.98. The molecule has 0 radical (unpaired) electrons. The summed E-state index contributed by atoms with van der Waals surface area (Å²) in [6, 6.07) is -0.444. The predicted molar refractivity (Wildman–Crippen MR) is 88.4 cm³/mol. The van der Waals surface area contributed by atoms with Gasteiger partial charge in [0.25, 0.3) is 0 Å². The highest BCUT2D eigenvalue weighted by Gasteiger charge is 2.27. The molecule has 2 atom stereocenters. The highest BCUT2D eigenvalue weighted by atomic mass is 32.2. The van der Waals surface area contributed by atoms with Crippen molar-refractivity contribution in [1.29, 1.82) is 0 Å². The van der Waals surface area contributed by atoms with Crippen molar-refractivity contribution in [2.45, 2.75) is 53.0 Å². The van der Waals surface area contributed by atoms with Gasteiger partial charge in [0.1, 0.15) is 6.29 Å². The van der Waals surface area contributed by atoms with Gasteiger partial charge in [-0.25, -0.2) is 0 Å². The molecule has 0 fully saturated rings. The maximum absolute atomic E-state index is 12.3. The minimum Gasteiger partial charge on any atom is -0.346 e. The zero-order valence-electron chi connectivity index (χ0n) is 13.8. The number of aldehydes is 1. The molecule has 0 saturated heterocycles. The largest absolute Gasteiger partial charge is 0.346 e. The van der Waals surface area contributed by atoms with Crippen LogP contribution in [0.3, 0.4) is 0 Å². The Labute approximate surface area is 132 Å². The highest BCUT2D eigenvalue weighted by Crippen LogP contribution is 2.15. The second-order valence-corrected chi connectivity index (χ2v) is 7.11. The Morgan fingerprint density at radius 2 is 1.81 bits per heavy atom. The van der Waals surface area contributed by atoms with Crippen molar-refractivity contribution in [1.82, 2.24) is 5.32 Å². The van der Waals surface area contributed by atoms with Crippen LogP contribution in [0, 0.1) is 17.8 Å². The van der Waals surface area contributed by atoms with Gasteiger partial charge in [-0.1, -0.05) is 27.7 Å². The number of hydrogen-bond donors (Lipinski definition) is 1. The van der Waals surface area contributed by atoms with Gasteiger partial charge in [0.15, 0.2) is 5.78 Å². The van der Waals surface area contributed by atoms with Crippen LogP contribution in [0.15, 0.2) is 0 Å². The fourth-order valence-electron chi connectivity index (χ4n) is 2.14. The molecule has 0 aliphatic heterocycles. The van der Waals surface area contributed by atoms with Crippen molar-refractivity contribution in [3.8, 4) is 0 Å². The molecule has 21 heavy (non-hydrogen) atoms. The van der Waals surface area contributed by atoms with E-state index in [1.807, 2.05) is 34.0 Å². The molecule has 5 heteroatoms. The smallest absolute Gasteiger partial charge is 0.224 e. The molecule has 0 spiro atoms. The molecule has 1 N–H and O–H groups in total. The van der Waals surface area contributed by atoms with Crippen molar-refractivity contribution in [2.24, 2.45) is 17.8 Å². The van der Waals surface area contributed by atoms with Crippen LogP contribution in [0.4, 0.5) is 0 Å². The third kappa shape index (κ3) is 8.24. The average molecular weight is 315 g/mol. The first kappa shape index (κ1) is 20.2. The maximum atomic E-state index is 12.3. The summed E-state index contributed by atoms with van der Waals surface area (Å²) in [6.07, 6.45) is 4.28. The Kier molecular flexibility index (Phi) is 10.4. The summed E-state index contributed by atoms with van der Waals surface area (Å²) in [4.78, 5) is 35.3. The fraction of sp³-hybridized carbons (Fsp3) is 0.812. The molecule has 0 rings (SSSR count). The molecule has 0 bridgehead atoms. The van der Waals surface area contributed by atoms with E-state index in [1.54, 1.807) is 11.8 Å². The lowest BCUT2D eigenvalue weighted by Crippen LogP contribution is -2.46. The Hall–Kier alpha value is -0.840. The van der Waals surface area contributed by atoms with Crippen LogP contribution in [0.2, 0.25) is 0 Å². The van der Waals surface area contributed by atoms with Crippen LogP contribution in [-0.4, -0.2) is 36.0 Å². The summed E-state index contributed by atoms with van der Waals surface area (Å²) in [7, 11) is 0. The first-order valence-electron chi connectivity index (χ1n) is 7.60. The van der Waals surface area contributed by atoms with E-state index in [1.165, 1.54) is 0 Å². The lowest BCUT2D eigenvalue weighted by Gasteiger charge is -2.23. The number of hydrogen-bond acceptors (Lipinski definition) is 4.